The zero-order valence-electron chi connectivity index (χ0n) is 12.7. The van der Waals surface area contributed by atoms with Gasteiger partial charge in [-0.25, -0.2) is 19.6 Å². The predicted molar refractivity (Wildman–Crippen MR) is 82.1 cm³/mol. The molecule has 0 aliphatic heterocycles. The van der Waals surface area contributed by atoms with E-state index in [9.17, 15) is 24.9 Å². The lowest BCUT2D eigenvalue weighted by atomic mass is 9.83. The Morgan fingerprint density at radius 3 is 2.04 bits per heavy atom. The summed E-state index contributed by atoms with van der Waals surface area (Å²) in [6.07, 6.45) is 3.77. The Bertz CT molecular complexity index is 592. The minimum atomic E-state index is -0.970. The van der Waals surface area contributed by atoms with Crippen LogP contribution in [-0.4, -0.2) is 47.3 Å². The first-order valence-electron chi connectivity index (χ1n) is 7.16. The van der Waals surface area contributed by atoms with Gasteiger partial charge in [-0.05, 0) is 29.5 Å². The second kappa shape index (κ2) is 9.79. The molecule has 0 aliphatic carbocycles. The van der Waals surface area contributed by atoms with E-state index in [2.05, 4.69) is 9.98 Å². The molecule has 0 radical (unpaired) electrons. The fraction of sp³-hybridized carbons (Fsp3) is 0.500. The summed E-state index contributed by atoms with van der Waals surface area (Å²) in [4.78, 5) is 27.8. The van der Waals surface area contributed by atoms with Crippen molar-refractivity contribution in [1.82, 2.24) is 0 Å². The van der Waals surface area contributed by atoms with E-state index < -0.39 is 5.41 Å². The number of rotatable bonds is 10. The highest BCUT2D eigenvalue weighted by atomic mass is 16.3. The lowest BCUT2D eigenvalue weighted by Gasteiger charge is -2.27. The van der Waals surface area contributed by atoms with Crippen LogP contribution < -0.4 is 0 Å². The molecular weight excluding hydrogens is 300 g/mol. The van der Waals surface area contributed by atoms with Crippen LogP contribution in [0.2, 0.25) is 0 Å². The van der Waals surface area contributed by atoms with Crippen LogP contribution >= 0.6 is 0 Å². The molecule has 23 heavy (non-hydrogen) atoms. The molecule has 0 fully saturated rings. The van der Waals surface area contributed by atoms with Crippen molar-refractivity contribution < 1.29 is 24.9 Å². The van der Waals surface area contributed by atoms with Gasteiger partial charge in [-0.3, -0.25) is 0 Å². The molecule has 0 saturated carbocycles. The lowest BCUT2D eigenvalue weighted by molar-refractivity contribution is -0.000301. The number of isocyanates is 2. The number of aryl methyl sites for hydroxylation is 1. The average molecular weight is 320 g/mol. The molecule has 0 saturated heterocycles. The minimum Gasteiger partial charge on any atom is -0.396 e. The van der Waals surface area contributed by atoms with Gasteiger partial charge in [0.15, 0.2) is 0 Å². The maximum absolute atomic E-state index is 10.4. The van der Waals surface area contributed by atoms with Crippen LogP contribution in [0, 0.1) is 5.41 Å². The fourth-order valence-corrected chi connectivity index (χ4v) is 2.29. The first-order valence-corrected chi connectivity index (χ1v) is 7.16. The van der Waals surface area contributed by atoms with Crippen molar-refractivity contribution in [3.63, 3.8) is 0 Å². The Hall–Kier alpha value is -2.14. The molecule has 1 rings (SSSR count). The van der Waals surface area contributed by atoms with Crippen LogP contribution in [0.3, 0.4) is 0 Å². The molecule has 1 aromatic rings. The van der Waals surface area contributed by atoms with Gasteiger partial charge in [0.25, 0.3) is 0 Å². The second-order valence-corrected chi connectivity index (χ2v) is 5.34. The molecule has 0 bridgehead atoms. The zero-order valence-corrected chi connectivity index (χ0v) is 12.7. The van der Waals surface area contributed by atoms with E-state index in [-0.39, 0.29) is 32.9 Å². The summed E-state index contributed by atoms with van der Waals surface area (Å²) in [5.41, 5.74) is 1.37. The fourth-order valence-electron chi connectivity index (χ4n) is 2.29. The van der Waals surface area contributed by atoms with E-state index in [1.807, 2.05) is 6.07 Å². The molecule has 7 nitrogen and oxygen atoms in total. The van der Waals surface area contributed by atoms with E-state index in [0.29, 0.717) is 12.8 Å². The highest BCUT2D eigenvalue weighted by Crippen LogP contribution is 2.26. The molecule has 0 unspecified atom stereocenters. The number of nitrogens with zero attached hydrogens (tertiary/aromatic N) is 2. The Kier molecular flexibility index (Phi) is 8.05. The SMILES string of the molecule is O=C=NCc1cccc(CCC(CO)(CO)CO)c1CN=C=O. The largest absolute Gasteiger partial charge is 0.396 e. The third-order valence-corrected chi connectivity index (χ3v) is 3.92. The van der Waals surface area contributed by atoms with E-state index >= 15 is 0 Å². The third-order valence-electron chi connectivity index (χ3n) is 3.92. The standard InChI is InChI=1S/C16H20N2O5/c19-8-16(9-20,10-21)5-4-13-2-1-3-14(6-17-11-22)15(13)7-18-12-23/h1-3,19-21H,4-10H2. The van der Waals surface area contributed by atoms with Crippen LogP contribution in [-0.2, 0) is 29.1 Å². The number of carbonyl (C=O) groups excluding carboxylic acids is 2. The number of benzene rings is 1. The average Bonchev–Trinajstić information content (AvgIpc) is 2.60. The molecule has 124 valence electrons. The Balaban J connectivity index is 3.08. The van der Waals surface area contributed by atoms with Gasteiger partial charge < -0.3 is 15.3 Å². The van der Waals surface area contributed by atoms with E-state index in [0.717, 1.165) is 16.7 Å². The smallest absolute Gasteiger partial charge is 0.235 e. The maximum Gasteiger partial charge on any atom is 0.235 e. The van der Waals surface area contributed by atoms with E-state index in [4.69, 9.17) is 0 Å². The van der Waals surface area contributed by atoms with Gasteiger partial charge in [0.2, 0.25) is 12.2 Å². The van der Waals surface area contributed by atoms with Gasteiger partial charge in [0.1, 0.15) is 0 Å². The topological polar surface area (TPSA) is 120 Å². The first kappa shape index (κ1) is 18.9. The highest BCUT2D eigenvalue weighted by Gasteiger charge is 2.28. The molecule has 0 spiro atoms. The monoisotopic (exact) mass is 320 g/mol. The number of hydrogen-bond acceptors (Lipinski definition) is 7. The quantitative estimate of drug-likeness (QED) is 0.422. The Morgan fingerprint density at radius 1 is 0.913 bits per heavy atom. The van der Waals surface area contributed by atoms with Gasteiger partial charge in [-0.15, -0.1) is 0 Å². The van der Waals surface area contributed by atoms with Crippen LogP contribution in [0.5, 0.6) is 0 Å². The summed E-state index contributed by atoms with van der Waals surface area (Å²) in [5.74, 6) is 0. The lowest BCUT2D eigenvalue weighted by Crippen LogP contribution is -2.34. The van der Waals surface area contributed by atoms with Crippen LogP contribution in [0.4, 0.5) is 0 Å². The minimum absolute atomic E-state index is 0.105. The Morgan fingerprint density at radius 2 is 1.48 bits per heavy atom. The van der Waals surface area contributed by atoms with E-state index in [1.165, 1.54) is 12.2 Å². The second-order valence-electron chi connectivity index (χ2n) is 5.34. The molecule has 3 N–H and O–H groups in total. The van der Waals surface area contributed by atoms with Crippen LogP contribution in [0.1, 0.15) is 23.1 Å². The summed E-state index contributed by atoms with van der Waals surface area (Å²) in [6.45, 7) is -0.773. The van der Waals surface area contributed by atoms with Crippen LogP contribution in [0.15, 0.2) is 28.2 Å². The molecule has 0 heterocycles. The zero-order chi connectivity index (χ0) is 17.1. The van der Waals surface area contributed by atoms with Gasteiger partial charge >= 0.3 is 0 Å². The maximum atomic E-state index is 10.4. The third kappa shape index (κ3) is 5.21. The summed E-state index contributed by atoms with van der Waals surface area (Å²) in [5, 5.41) is 28.2. The highest BCUT2D eigenvalue weighted by molar-refractivity contribution is 5.40. The van der Waals surface area contributed by atoms with Crippen molar-refractivity contribution in [1.29, 1.82) is 0 Å². The van der Waals surface area contributed by atoms with Gasteiger partial charge in [0, 0.05) is 5.41 Å². The summed E-state index contributed by atoms with van der Waals surface area (Å²) in [6, 6.07) is 5.40. The first-order chi connectivity index (χ1) is 11.2. The van der Waals surface area contributed by atoms with Gasteiger partial charge in [0.05, 0.1) is 32.9 Å². The molecule has 0 aromatic heterocycles. The molecule has 7 heteroatoms. The van der Waals surface area contributed by atoms with Crippen molar-refractivity contribution in [3.05, 3.63) is 34.9 Å². The van der Waals surface area contributed by atoms with Gasteiger partial charge in [-0.2, -0.15) is 0 Å². The van der Waals surface area contributed by atoms with Crippen molar-refractivity contribution in [2.75, 3.05) is 19.8 Å². The molecular formula is C16H20N2O5. The number of aliphatic hydroxyl groups is 3. The van der Waals surface area contributed by atoms with E-state index in [1.54, 1.807) is 12.1 Å². The number of aliphatic hydroxyl groups excluding tert-OH is 3. The summed E-state index contributed by atoms with van der Waals surface area (Å²) < 4.78 is 0. The molecule has 0 amide bonds. The van der Waals surface area contributed by atoms with Gasteiger partial charge in [-0.1, -0.05) is 18.2 Å². The molecule has 0 atom stereocenters. The van der Waals surface area contributed by atoms with Crippen LogP contribution in [0.25, 0.3) is 0 Å². The summed E-state index contributed by atoms with van der Waals surface area (Å²) >= 11 is 0. The van der Waals surface area contributed by atoms with Crippen molar-refractivity contribution in [2.45, 2.75) is 25.9 Å². The number of aliphatic imine (C=N–C) groups is 2. The molecule has 1 aromatic carbocycles. The number of hydrogen-bond donors (Lipinski definition) is 3. The summed E-state index contributed by atoms with van der Waals surface area (Å²) in [7, 11) is 0. The molecule has 0 aliphatic rings. The Labute approximate surface area is 134 Å². The normalized spacial score (nSPS) is 10.7. The van der Waals surface area contributed by atoms with Crippen molar-refractivity contribution in [2.24, 2.45) is 15.4 Å². The van der Waals surface area contributed by atoms with Crippen molar-refractivity contribution in [3.8, 4) is 0 Å². The predicted octanol–water partition coefficient (Wildman–Crippen LogP) is 0.254. The van der Waals surface area contributed by atoms with Crippen molar-refractivity contribution >= 4 is 12.2 Å².